The fourth-order valence-electron chi connectivity index (χ4n) is 4.13. The molecule has 2 fully saturated rings. The van der Waals surface area contributed by atoms with Gasteiger partial charge in [-0.2, -0.15) is 0 Å². The van der Waals surface area contributed by atoms with Gasteiger partial charge in [-0.1, -0.05) is 25.0 Å². The Bertz CT molecular complexity index is 653. The van der Waals surface area contributed by atoms with Gasteiger partial charge in [0.2, 0.25) is 0 Å². The van der Waals surface area contributed by atoms with E-state index in [4.69, 9.17) is 15.5 Å². The van der Waals surface area contributed by atoms with E-state index in [1.165, 1.54) is 32.1 Å². The third-order valence-corrected chi connectivity index (χ3v) is 5.43. The number of primary amides is 1. The molecule has 0 unspecified atom stereocenters. The number of hydrogen-bond acceptors (Lipinski definition) is 3. The molecule has 3 rings (SSSR count). The Morgan fingerprint density at radius 2 is 2.15 bits per heavy atom. The fraction of sp³-hybridized carbons (Fsp3) is 0.600. The molecule has 1 saturated carbocycles. The zero-order chi connectivity index (χ0) is 18.4. The predicted octanol–water partition coefficient (Wildman–Crippen LogP) is 2.28. The highest BCUT2D eigenvalue weighted by Gasteiger charge is 2.41. The van der Waals surface area contributed by atoms with Gasteiger partial charge in [-0.05, 0) is 49.3 Å². The normalized spacial score (nSPS) is 19.1. The maximum atomic E-state index is 10.9. The second-order valence-corrected chi connectivity index (χ2v) is 7.45. The third kappa shape index (κ3) is 4.68. The van der Waals surface area contributed by atoms with Gasteiger partial charge in [0.1, 0.15) is 5.75 Å². The van der Waals surface area contributed by atoms with Crippen LogP contribution in [0.5, 0.6) is 5.75 Å². The van der Waals surface area contributed by atoms with Crippen LogP contribution < -0.4 is 15.8 Å². The molecule has 6 heteroatoms. The zero-order valence-corrected chi connectivity index (χ0v) is 15.7. The predicted molar refractivity (Wildman–Crippen MR) is 103 cm³/mol. The highest BCUT2D eigenvalue weighted by atomic mass is 16.5. The van der Waals surface area contributed by atoms with Gasteiger partial charge in [0, 0.05) is 19.6 Å². The number of rotatable bonds is 6. The first-order valence-electron chi connectivity index (χ1n) is 9.63. The topological polar surface area (TPSA) is 80.0 Å². The molecule has 6 nitrogen and oxygen atoms in total. The minimum atomic E-state index is -0.474. The lowest BCUT2D eigenvalue weighted by molar-refractivity contribution is -0.119. The molecule has 3 N–H and O–H groups in total. The molecule has 0 radical (unpaired) electrons. The smallest absolute Gasteiger partial charge is 0.255 e. The van der Waals surface area contributed by atoms with E-state index in [1.54, 1.807) is 0 Å². The lowest BCUT2D eigenvalue weighted by atomic mass is 9.86. The summed E-state index contributed by atoms with van der Waals surface area (Å²) in [6.07, 6.45) is 6.76. The van der Waals surface area contributed by atoms with Crippen LogP contribution in [0.15, 0.2) is 29.3 Å². The van der Waals surface area contributed by atoms with Crippen molar-refractivity contribution in [1.29, 1.82) is 0 Å². The van der Waals surface area contributed by atoms with E-state index < -0.39 is 5.91 Å². The number of guanidine groups is 1. The van der Waals surface area contributed by atoms with Gasteiger partial charge >= 0.3 is 0 Å². The Morgan fingerprint density at radius 1 is 1.35 bits per heavy atom. The second kappa shape index (κ2) is 8.43. The van der Waals surface area contributed by atoms with Crippen molar-refractivity contribution < 1.29 is 9.53 Å². The van der Waals surface area contributed by atoms with Crippen LogP contribution in [-0.4, -0.2) is 43.0 Å². The van der Waals surface area contributed by atoms with Gasteiger partial charge in [0.05, 0.1) is 6.54 Å². The van der Waals surface area contributed by atoms with E-state index >= 15 is 0 Å². The van der Waals surface area contributed by atoms with Gasteiger partial charge in [-0.15, -0.1) is 0 Å². The average molecular weight is 358 g/mol. The first-order valence-corrected chi connectivity index (χ1v) is 9.63. The number of aliphatic imine (C=N–C) groups is 1. The molecule has 142 valence electrons. The van der Waals surface area contributed by atoms with Crippen molar-refractivity contribution in [1.82, 2.24) is 10.2 Å². The summed E-state index contributed by atoms with van der Waals surface area (Å²) < 4.78 is 5.38. The zero-order valence-electron chi connectivity index (χ0n) is 15.7. The van der Waals surface area contributed by atoms with E-state index in [2.05, 4.69) is 17.1 Å². The van der Waals surface area contributed by atoms with Crippen molar-refractivity contribution in [2.24, 2.45) is 16.1 Å². The van der Waals surface area contributed by atoms with Crippen LogP contribution in [0.25, 0.3) is 0 Å². The first kappa shape index (κ1) is 18.5. The van der Waals surface area contributed by atoms with E-state index in [9.17, 15) is 4.79 Å². The first-order chi connectivity index (χ1) is 12.6. The van der Waals surface area contributed by atoms with Crippen molar-refractivity contribution in [3.05, 3.63) is 29.8 Å². The Morgan fingerprint density at radius 3 is 2.88 bits per heavy atom. The number of nitrogens with zero attached hydrogens (tertiary/aromatic N) is 2. The van der Waals surface area contributed by atoms with Crippen LogP contribution in [0.3, 0.4) is 0 Å². The molecular weight excluding hydrogens is 328 g/mol. The van der Waals surface area contributed by atoms with Crippen LogP contribution in [0, 0.1) is 5.41 Å². The summed E-state index contributed by atoms with van der Waals surface area (Å²) in [6, 6.07) is 7.67. The summed E-state index contributed by atoms with van der Waals surface area (Å²) in [6.45, 7) is 5.67. The number of nitrogens with one attached hydrogen (secondary N) is 1. The van der Waals surface area contributed by atoms with Gasteiger partial charge in [-0.3, -0.25) is 4.79 Å². The maximum Gasteiger partial charge on any atom is 0.255 e. The van der Waals surface area contributed by atoms with Gasteiger partial charge in [0.15, 0.2) is 12.6 Å². The minimum Gasteiger partial charge on any atom is -0.484 e. The van der Waals surface area contributed by atoms with Crippen LogP contribution >= 0.6 is 0 Å². The number of nitrogens with two attached hydrogens (primary N) is 1. The average Bonchev–Trinajstić information content (AvgIpc) is 3.27. The van der Waals surface area contributed by atoms with Gasteiger partial charge in [-0.25, -0.2) is 4.99 Å². The van der Waals surface area contributed by atoms with Crippen molar-refractivity contribution in [3.63, 3.8) is 0 Å². The van der Waals surface area contributed by atoms with Gasteiger partial charge < -0.3 is 20.7 Å². The van der Waals surface area contributed by atoms with Crippen LogP contribution in [0.4, 0.5) is 0 Å². The molecule has 1 aromatic rings. The number of benzene rings is 1. The number of ether oxygens (including phenoxy) is 1. The Hall–Kier alpha value is -2.24. The highest BCUT2D eigenvalue weighted by Crippen LogP contribution is 2.45. The van der Waals surface area contributed by atoms with E-state index in [0.717, 1.165) is 31.2 Å². The van der Waals surface area contributed by atoms with E-state index in [-0.39, 0.29) is 6.61 Å². The monoisotopic (exact) mass is 358 g/mol. The highest BCUT2D eigenvalue weighted by molar-refractivity contribution is 5.80. The molecule has 26 heavy (non-hydrogen) atoms. The largest absolute Gasteiger partial charge is 0.484 e. The number of carbonyl (C=O) groups excluding carboxylic acids is 1. The minimum absolute atomic E-state index is 0.106. The van der Waals surface area contributed by atoms with Crippen molar-refractivity contribution in [3.8, 4) is 5.75 Å². The molecule has 0 aromatic heterocycles. The lowest BCUT2D eigenvalue weighted by Crippen LogP contribution is -2.41. The number of hydrogen-bond donors (Lipinski definition) is 2. The summed E-state index contributed by atoms with van der Waals surface area (Å²) in [5, 5.41) is 3.44. The molecule has 0 bridgehead atoms. The maximum absolute atomic E-state index is 10.9. The second-order valence-electron chi connectivity index (χ2n) is 7.45. The van der Waals surface area contributed by atoms with Crippen LogP contribution in [0.1, 0.15) is 44.6 Å². The molecular formula is C20H30N4O2. The Kier molecular flexibility index (Phi) is 6.01. The lowest BCUT2D eigenvalue weighted by Gasteiger charge is -2.26. The molecule has 1 heterocycles. The molecule has 1 aromatic carbocycles. The fourth-order valence-corrected chi connectivity index (χ4v) is 4.13. The van der Waals surface area contributed by atoms with Crippen LogP contribution in [-0.2, 0) is 11.3 Å². The summed E-state index contributed by atoms with van der Waals surface area (Å²) >= 11 is 0. The van der Waals surface area contributed by atoms with E-state index in [0.29, 0.717) is 17.7 Å². The van der Waals surface area contributed by atoms with Crippen molar-refractivity contribution in [2.75, 3.05) is 26.2 Å². The SMILES string of the molecule is CCNC(=NCc1cccc(OCC(N)=O)c1)N1CCC2(CCCC2)C1. The molecule has 2 aliphatic rings. The molecule has 1 aliphatic heterocycles. The quantitative estimate of drug-likeness (QED) is 0.604. The molecule has 0 atom stereocenters. The third-order valence-electron chi connectivity index (χ3n) is 5.43. The number of likely N-dealkylation sites (tertiary alicyclic amines) is 1. The Balaban J connectivity index is 1.64. The van der Waals surface area contributed by atoms with Crippen LogP contribution in [0.2, 0.25) is 0 Å². The molecule has 1 aliphatic carbocycles. The van der Waals surface area contributed by atoms with Crippen molar-refractivity contribution >= 4 is 11.9 Å². The molecule has 1 saturated heterocycles. The Labute approximate surface area is 155 Å². The number of carbonyl (C=O) groups is 1. The summed E-state index contributed by atoms with van der Waals surface area (Å²) in [5.41, 5.74) is 6.71. The summed E-state index contributed by atoms with van der Waals surface area (Å²) in [7, 11) is 0. The summed E-state index contributed by atoms with van der Waals surface area (Å²) in [4.78, 5) is 18.1. The van der Waals surface area contributed by atoms with Gasteiger partial charge in [0.25, 0.3) is 5.91 Å². The van der Waals surface area contributed by atoms with E-state index in [1.807, 2.05) is 24.3 Å². The molecule has 1 amide bonds. The molecule has 1 spiro atoms. The van der Waals surface area contributed by atoms with Crippen molar-refractivity contribution in [2.45, 2.75) is 45.6 Å². The standard InChI is InChI=1S/C20H30N4O2/c1-2-22-19(24-11-10-20(15-24)8-3-4-9-20)23-13-16-6-5-7-17(12-16)26-14-18(21)25/h5-7,12H,2-4,8-11,13-15H2,1H3,(H2,21,25)(H,22,23). The number of amides is 1. The summed E-state index contributed by atoms with van der Waals surface area (Å²) in [5.74, 6) is 1.17.